The van der Waals surface area contributed by atoms with Gasteiger partial charge in [-0.3, -0.25) is 0 Å². The Labute approximate surface area is 171 Å². The molecule has 2 atom stereocenters. The zero-order valence-electron chi connectivity index (χ0n) is 17.0. The first-order valence-electron chi connectivity index (χ1n) is 9.64. The van der Waals surface area contributed by atoms with E-state index >= 15 is 0 Å². The van der Waals surface area contributed by atoms with Crippen LogP contribution in [0.2, 0.25) is 0 Å². The van der Waals surface area contributed by atoms with E-state index in [0.717, 1.165) is 12.1 Å². The minimum absolute atomic E-state index is 0.181. The number of amides is 1. The van der Waals surface area contributed by atoms with Gasteiger partial charge in [0, 0.05) is 13.1 Å². The summed E-state index contributed by atoms with van der Waals surface area (Å²) >= 11 is 0. The smallest absolute Gasteiger partial charge is 0.407 e. The first-order valence-corrected chi connectivity index (χ1v) is 9.64. The molecule has 0 aromatic heterocycles. The summed E-state index contributed by atoms with van der Waals surface area (Å²) in [6.07, 6.45) is -2.42. The molecule has 0 radical (unpaired) electrons. The second-order valence-corrected chi connectivity index (χ2v) is 7.01. The zero-order chi connectivity index (χ0) is 21.1. The van der Waals surface area contributed by atoms with Crippen molar-refractivity contribution in [1.29, 1.82) is 0 Å². The quantitative estimate of drug-likeness (QED) is 0.534. The maximum atomic E-state index is 11.7. The van der Waals surface area contributed by atoms with Crippen molar-refractivity contribution in [3.05, 3.63) is 65.7 Å². The molecule has 2 rings (SSSR count). The second kappa shape index (κ2) is 12.1. The molecule has 0 aliphatic carbocycles. The van der Waals surface area contributed by atoms with Gasteiger partial charge in [-0.1, -0.05) is 42.5 Å². The maximum absolute atomic E-state index is 11.7. The molecule has 0 saturated carbocycles. The van der Waals surface area contributed by atoms with E-state index in [1.54, 1.807) is 24.3 Å². The van der Waals surface area contributed by atoms with Crippen LogP contribution in [0.25, 0.3) is 0 Å². The minimum Gasteiger partial charge on any atom is -0.492 e. The molecule has 0 saturated heterocycles. The largest absolute Gasteiger partial charge is 0.492 e. The predicted molar refractivity (Wildman–Crippen MR) is 111 cm³/mol. The summed E-state index contributed by atoms with van der Waals surface area (Å²) in [7, 11) is 3.95. The Hall–Kier alpha value is -2.61. The molecule has 1 amide bonds. The number of hydrogen-bond acceptors (Lipinski definition) is 6. The van der Waals surface area contributed by atoms with Gasteiger partial charge < -0.3 is 29.9 Å². The molecular formula is C22H30N2O5. The normalized spacial score (nSPS) is 13.0. The van der Waals surface area contributed by atoms with Crippen molar-refractivity contribution in [1.82, 2.24) is 10.2 Å². The van der Waals surface area contributed by atoms with Gasteiger partial charge in [0.05, 0.1) is 6.10 Å². The molecule has 2 aromatic carbocycles. The molecule has 158 valence electrons. The van der Waals surface area contributed by atoms with Crippen LogP contribution in [0, 0.1) is 0 Å². The highest BCUT2D eigenvalue weighted by Gasteiger charge is 2.18. The van der Waals surface area contributed by atoms with E-state index in [9.17, 15) is 15.0 Å². The number of nitrogens with one attached hydrogen (secondary N) is 1. The van der Waals surface area contributed by atoms with Crippen molar-refractivity contribution in [2.24, 2.45) is 0 Å². The molecule has 0 bridgehead atoms. The fraction of sp³-hybridized carbons (Fsp3) is 0.409. The summed E-state index contributed by atoms with van der Waals surface area (Å²) in [5.41, 5.74) is 1.48. The maximum Gasteiger partial charge on any atom is 0.407 e. The Morgan fingerprint density at radius 3 is 2.41 bits per heavy atom. The van der Waals surface area contributed by atoms with Crippen LogP contribution in [0.5, 0.6) is 5.75 Å². The van der Waals surface area contributed by atoms with E-state index in [0.29, 0.717) is 17.9 Å². The van der Waals surface area contributed by atoms with Crippen molar-refractivity contribution in [2.45, 2.75) is 25.2 Å². The van der Waals surface area contributed by atoms with Crippen molar-refractivity contribution in [3.63, 3.8) is 0 Å². The lowest BCUT2D eigenvalue weighted by Crippen LogP contribution is -2.29. The Kier molecular flexibility index (Phi) is 9.43. The molecule has 3 N–H and O–H groups in total. The van der Waals surface area contributed by atoms with E-state index in [2.05, 4.69) is 5.32 Å². The fourth-order valence-corrected chi connectivity index (χ4v) is 2.58. The third-order valence-electron chi connectivity index (χ3n) is 4.32. The van der Waals surface area contributed by atoms with E-state index < -0.39 is 18.3 Å². The van der Waals surface area contributed by atoms with Gasteiger partial charge >= 0.3 is 6.09 Å². The molecule has 2 unspecified atom stereocenters. The van der Waals surface area contributed by atoms with Crippen molar-refractivity contribution < 1.29 is 24.5 Å². The molecule has 0 fully saturated rings. The lowest BCUT2D eigenvalue weighted by Gasteiger charge is -2.19. The number of nitrogens with zero attached hydrogens (tertiary/aromatic N) is 1. The van der Waals surface area contributed by atoms with Gasteiger partial charge in [-0.15, -0.1) is 0 Å². The topological polar surface area (TPSA) is 91.3 Å². The Bertz CT molecular complexity index is 722. The number of aliphatic hydroxyl groups is 2. The van der Waals surface area contributed by atoms with Gasteiger partial charge in [-0.2, -0.15) is 0 Å². The molecule has 0 heterocycles. The van der Waals surface area contributed by atoms with Gasteiger partial charge in [0.2, 0.25) is 0 Å². The third-order valence-corrected chi connectivity index (χ3v) is 4.32. The van der Waals surface area contributed by atoms with Gasteiger partial charge in [0.25, 0.3) is 0 Å². The van der Waals surface area contributed by atoms with Gasteiger partial charge in [0.15, 0.2) is 0 Å². The van der Waals surface area contributed by atoms with Crippen LogP contribution in [0.1, 0.15) is 23.7 Å². The zero-order valence-corrected chi connectivity index (χ0v) is 17.0. The number of carbonyl (C=O) groups is 1. The minimum atomic E-state index is -1.05. The third kappa shape index (κ3) is 8.51. The summed E-state index contributed by atoms with van der Waals surface area (Å²) in [6, 6.07) is 16.3. The Balaban J connectivity index is 1.68. The number of benzene rings is 2. The first-order chi connectivity index (χ1) is 14.0. The highest BCUT2D eigenvalue weighted by Crippen LogP contribution is 2.21. The number of hydrogen-bond donors (Lipinski definition) is 3. The predicted octanol–water partition coefficient (Wildman–Crippen LogP) is 2.34. The molecule has 0 aliphatic rings. The van der Waals surface area contributed by atoms with Crippen LogP contribution in [0.15, 0.2) is 54.6 Å². The van der Waals surface area contributed by atoms with E-state index in [4.69, 9.17) is 9.47 Å². The first kappa shape index (κ1) is 22.7. The molecule has 2 aromatic rings. The monoisotopic (exact) mass is 402 g/mol. The molecule has 7 nitrogen and oxygen atoms in total. The summed E-state index contributed by atoms with van der Waals surface area (Å²) in [5, 5.41) is 23.1. The standard InChI is InChI=1S/C22H30N2O5/c1-24(2)14-15-28-19-10-8-18(9-11-19)21(26)20(25)12-13-23-22(27)29-16-17-6-4-3-5-7-17/h3-11,20-21,25-26H,12-16H2,1-2H3,(H,23,27). The average Bonchev–Trinajstić information content (AvgIpc) is 2.72. The summed E-state index contributed by atoms with van der Waals surface area (Å²) in [4.78, 5) is 13.7. The molecule has 0 spiro atoms. The molecule has 7 heteroatoms. The van der Waals surface area contributed by atoms with Crippen LogP contribution < -0.4 is 10.1 Å². The van der Waals surface area contributed by atoms with Gasteiger partial charge in [-0.25, -0.2) is 4.79 Å². The van der Waals surface area contributed by atoms with Crippen LogP contribution in [-0.2, 0) is 11.3 Å². The molecular weight excluding hydrogens is 372 g/mol. The van der Waals surface area contributed by atoms with Crippen molar-refractivity contribution >= 4 is 6.09 Å². The van der Waals surface area contributed by atoms with Crippen LogP contribution >= 0.6 is 0 Å². The lowest BCUT2D eigenvalue weighted by molar-refractivity contribution is 0.0136. The second-order valence-electron chi connectivity index (χ2n) is 7.01. The Morgan fingerprint density at radius 2 is 1.76 bits per heavy atom. The van der Waals surface area contributed by atoms with Crippen LogP contribution in [0.3, 0.4) is 0 Å². The highest BCUT2D eigenvalue weighted by atomic mass is 16.5. The van der Waals surface area contributed by atoms with E-state index in [-0.39, 0.29) is 19.6 Å². The van der Waals surface area contributed by atoms with Crippen LogP contribution in [0.4, 0.5) is 4.79 Å². The van der Waals surface area contributed by atoms with Crippen molar-refractivity contribution in [3.8, 4) is 5.75 Å². The van der Waals surface area contributed by atoms with Crippen molar-refractivity contribution in [2.75, 3.05) is 33.8 Å². The average molecular weight is 402 g/mol. The SMILES string of the molecule is CN(C)CCOc1ccc(C(O)C(O)CCNC(=O)OCc2ccccc2)cc1. The number of rotatable bonds is 11. The molecule has 0 aliphatic heterocycles. The number of alkyl carbamates (subject to hydrolysis) is 1. The Morgan fingerprint density at radius 1 is 1.07 bits per heavy atom. The summed E-state index contributed by atoms with van der Waals surface area (Å²) < 4.78 is 10.7. The number of likely N-dealkylation sites (N-methyl/N-ethyl adjacent to an activating group) is 1. The summed E-state index contributed by atoms with van der Waals surface area (Å²) in [6.45, 7) is 1.76. The van der Waals surface area contributed by atoms with Gasteiger partial charge in [0.1, 0.15) is 25.1 Å². The summed E-state index contributed by atoms with van der Waals surface area (Å²) in [5.74, 6) is 0.708. The molecule has 29 heavy (non-hydrogen) atoms. The highest BCUT2D eigenvalue weighted by molar-refractivity contribution is 5.67. The van der Waals surface area contributed by atoms with E-state index in [1.807, 2.05) is 49.3 Å². The van der Waals surface area contributed by atoms with Crippen LogP contribution in [-0.4, -0.2) is 61.1 Å². The number of aliphatic hydroxyl groups excluding tert-OH is 2. The fourth-order valence-electron chi connectivity index (χ4n) is 2.58. The lowest BCUT2D eigenvalue weighted by atomic mass is 10.0. The number of ether oxygens (including phenoxy) is 2. The number of carbonyl (C=O) groups excluding carboxylic acids is 1. The van der Waals surface area contributed by atoms with Gasteiger partial charge in [-0.05, 0) is 43.8 Å². The van der Waals surface area contributed by atoms with E-state index in [1.165, 1.54) is 0 Å².